The zero-order chi connectivity index (χ0) is 18.5. The van der Waals surface area contributed by atoms with E-state index < -0.39 is 0 Å². The van der Waals surface area contributed by atoms with Crippen LogP contribution in [0.2, 0.25) is 0 Å². The first-order chi connectivity index (χ1) is 11.7. The fraction of sp³-hybridized carbons (Fsp3) is 0.706. The Labute approximate surface area is 146 Å². The van der Waals surface area contributed by atoms with Gasteiger partial charge in [-0.05, 0) is 27.7 Å². The summed E-state index contributed by atoms with van der Waals surface area (Å²) in [6.45, 7) is 10.5. The van der Waals surface area contributed by atoms with Crippen molar-refractivity contribution in [1.29, 1.82) is 0 Å². The monoisotopic (exact) mass is 349 g/mol. The van der Waals surface area contributed by atoms with Gasteiger partial charge in [0.05, 0.1) is 18.8 Å². The highest BCUT2D eigenvalue weighted by molar-refractivity contribution is 5.71. The van der Waals surface area contributed by atoms with Gasteiger partial charge in [0.15, 0.2) is 11.2 Å². The molecule has 2 atom stereocenters. The molecule has 0 radical (unpaired) electrons. The molecule has 138 valence electrons. The average molecular weight is 349 g/mol. The number of imidazole rings is 1. The Balaban J connectivity index is 2.14. The molecule has 2 aromatic heterocycles. The Hall–Kier alpha value is -1.93. The first kappa shape index (κ1) is 17.9. The Bertz CT molecular complexity index is 898. The second-order valence-corrected chi connectivity index (χ2v) is 7.32. The van der Waals surface area contributed by atoms with Crippen LogP contribution in [-0.4, -0.2) is 48.9 Å². The van der Waals surface area contributed by atoms with E-state index in [2.05, 4.69) is 23.7 Å². The molecule has 1 fully saturated rings. The van der Waals surface area contributed by atoms with Gasteiger partial charge in [-0.25, -0.2) is 9.78 Å². The van der Waals surface area contributed by atoms with Crippen LogP contribution in [0.4, 0.5) is 0 Å². The van der Waals surface area contributed by atoms with Gasteiger partial charge in [-0.15, -0.1) is 0 Å². The minimum atomic E-state index is -0.355. The lowest BCUT2D eigenvalue weighted by Crippen LogP contribution is -2.45. The topological polar surface area (TPSA) is 74.3 Å². The molecule has 0 amide bonds. The predicted molar refractivity (Wildman–Crippen MR) is 95.9 cm³/mol. The van der Waals surface area contributed by atoms with Crippen molar-refractivity contribution in [2.24, 2.45) is 14.1 Å². The third-order valence-electron chi connectivity index (χ3n) is 4.74. The van der Waals surface area contributed by atoms with Crippen molar-refractivity contribution in [2.45, 2.75) is 52.5 Å². The van der Waals surface area contributed by atoms with E-state index in [-0.39, 0.29) is 29.5 Å². The Morgan fingerprint density at radius 1 is 1.12 bits per heavy atom. The molecule has 0 aromatic carbocycles. The van der Waals surface area contributed by atoms with Crippen molar-refractivity contribution in [3.05, 3.63) is 26.7 Å². The van der Waals surface area contributed by atoms with E-state index >= 15 is 0 Å². The second-order valence-electron chi connectivity index (χ2n) is 7.32. The number of aromatic nitrogens is 4. The highest BCUT2D eigenvalue weighted by Crippen LogP contribution is 2.20. The Morgan fingerprint density at radius 2 is 1.72 bits per heavy atom. The van der Waals surface area contributed by atoms with Gasteiger partial charge >= 0.3 is 5.69 Å². The number of hydrogen-bond acceptors (Lipinski definition) is 5. The van der Waals surface area contributed by atoms with Crippen LogP contribution < -0.4 is 11.2 Å². The highest BCUT2D eigenvalue weighted by Gasteiger charge is 2.26. The van der Waals surface area contributed by atoms with Crippen molar-refractivity contribution < 1.29 is 4.74 Å². The van der Waals surface area contributed by atoms with Gasteiger partial charge in [0.2, 0.25) is 0 Å². The number of nitrogens with zero attached hydrogens (tertiary/aromatic N) is 5. The van der Waals surface area contributed by atoms with E-state index in [9.17, 15) is 9.59 Å². The van der Waals surface area contributed by atoms with Gasteiger partial charge in [-0.3, -0.25) is 18.8 Å². The van der Waals surface area contributed by atoms with Gasteiger partial charge in [-0.2, -0.15) is 0 Å². The van der Waals surface area contributed by atoms with Crippen LogP contribution in [0, 0.1) is 0 Å². The lowest BCUT2D eigenvalue weighted by atomic mass is 10.2. The van der Waals surface area contributed by atoms with Gasteiger partial charge < -0.3 is 9.30 Å². The molecular formula is C17H27N5O3. The summed E-state index contributed by atoms with van der Waals surface area (Å²) < 4.78 is 10.3. The molecule has 0 saturated carbocycles. The summed E-state index contributed by atoms with van der Waals surface area (Å²) >= 11 is 0. The van der Waals surface area contributed by atoms with Crippen LogP contribution >= 0.6 is 0 Å². The zero-order valence-electron chi connectivity index (χ0n) is 15.8. The van der Waals surface area contributed by atoms with Crippen molar-refractivity contribution in [3.8, 4) is 0 Å². The number of hydrogen-bond donors (Lipinski definition) is 0. The molecule has 0 aliphatic carbocycles. The maximum absolute atomic E-state index is 12.7. The van der Waals surface area contributed by atoms with Crippen LogP contribution in [0.3, 0.4) is 0 Å². The summed E-state index contributed by atoms with van der Waals surface area (Å²) in [4.78, 5) is 31.9. The molecule has 2 aromatic rings. The lowest BCUT2D eigenvalue weighted by Gasteiger charge is -2.35. The largest absolute Gasteiger partial charge is 0.373 e. The first-order valence-corrected chi connectivity index (χ1v) is 8.75. The van der Waals surface area contributed by atoms with E-state index in [0.717, 1.165) is 23.5 Å². The normalized spacial score (nSPS) is 22.2. The summed E-state index contributed by atoms with van der Waals surface area (Å²) in [5.41, 5.74) is 0.287. The maximum Gasteiger partial charge on any atom is 0.332 e. The van der Waals surface area contributed by atoms with Crippen LogP contribution in [0.25, 0.3) is 11.2 Å². The van der Waals surface area contributed by atoms with Gasteiger partial charge in [0.25, 0.3) is 5.56 Å². The SMILES string of the molecule is CC(C)n1c(CN2C[C@@H](C)O[C@H](C)C2)nc2c1c(=O)n(C)c(=O)n2C. The minimum absolute atomic E-state index is 0.0705. The van der Waals surface area contributed by atoms with Gasteiger partial charge in [0, 0.05) is 33.2 Å². The van der Waals surface area contributed by atoms with Gasteiger partial charge in [0.1, 0.15) is 5.82 Å². The van der Waals surface area contributed by atoms with E-state index in [1.54, 1.807) is 7.05 Å². The standard InChI is InChI=1S/C17H27N5O3/c1-10(2)22-13(9-21-7-11(3)25-12(4)8-21)18-15-14(22)16(23)20(6)17(24)19(15)5/h10-12H,7-9H2,1-6H3/t11-,12-/m1/s1. The number of rotatable bonds is 3. The molecule has 3 rings (SSSR count). The maximum atomic E-state index is 12.7. The summed E-state index contributed by atoms with van der Waals surface area (Å²) in [5.74, 6) is 0.810. The van der Waals surface area contributed by atoms with Crippen molar-refractivity contribution in [1.82, 2.24) is 23.6 Å². The Morgan fingerprint density at radius 3 is 2.28 bits per heavy atom. The first-order valence-electron chi connectivity index (χ1n) is 8.75. The van der Waals surface area contributed by atoms with E-state index in [0.29, 0.717) is 17.7 Å². The summed E-state index contributed by atoms with van der Waals surface area (Å²) in [6.07, 6.45) is 0.329. The average Bonchev–Trinajstić information content (AvgIpc) is 2.89. The third-order valence-corrected chi connectivity index (χ3v) is 4.74. The van der Waals surface area contributed by atoms with Crippen LogP contribution in [0.1, 0.15) is 39.6 Å². The predicted octanol–water partition coefficient (Wildman–Crippen LogP) is 0.624. The number of aryl methyl sites for hydroxylation is 1. The molecular weight excluding hydrogens is 322 g/mol. The summed E-state index contributed by atoms with van der Waals surface area (Å²) in [7, 11) is 3.16. The molecule has 1 aliphatic rings. The molecule has 0 spiro atoms. The number of fused-ring (bicyclic) bond motifs is 1. The fourth-order valence-corrected chi connectivity index (χ4v) is 3.74. The molecule has 8 heteroatoms. The lowest BCUT2D eigenvalue weighted by molar-refractivity contribution is -0.0713. The van der Waals surface area contributed by atoms with Crippen LogP contribution in [-0.2, 0) is 25.4 Å². The van der Waals surface area contributed by atoms with Crippen molar-refractivity contribution in [3.63, 3.8) is 0 Å². The zero-order valence-corrected chi connectivity index (χ0v) is 15.8. The molecule has 0 unspecified atom stereocenters. The van der Waals surface area contributed by atoms with E-state index in [4.69, 9.17) is 4.74 Å². The van der Waals surface area contributed by atoms with Crippen molar-refractivity contribution in [2.75, 3.05) is 13.1 Å². The minimum Gasteiger partial charge on any atom is -0.373 e. The number of ether oxygens (including phenoxy) is 1. The van der Waals surface area contributed by atoms with E-state index in [1.807, 2.05) is 18.4 Å². The highest BCUT2D eigenvalue weighted by atomic mass is 16.5. The van der Waals surface area contributed by atoms with Crippen LogP contribution in [0.15, 0.2) is 9.59 Å². The fourth-order valence-electron chi connectivity index (χ4n) is 3.74. The summed E-state index contributed by atoms with van der Waals surface area (Å²) in [5, 5.41) is 0. The molecule has 1 saturated heterocycles. The molecule has 8 nitrogen and oxygen atoms in total. The molecule has 0 N–H and O–H groups in total. The summed E-state index contributed by atoms with van der Waals surface area (Å²) in [6, 6.07) is 0.0705. The molecule has 0 bridgehead atoms. The molecule has 3 heterocycles. The third kappa shape index (κ3) is 3.04. The van der Waals surface area contributed by atoms with Gasteiger partial charge in [-0.1, -0.05) is 0 Å². The van der Waals surface area contributed by atoms with Crippen LogP contribution in [0.5, 0.6) is 0 Å². The van der Waals surface area contributed by atoms with Crippen molar-refractivity contribution >= 4 is 11.2 Å². The molecule has 25 heavy (non-hydrogen) atoms. The smallest absolute Gasteiger partial charge is 0.332 e. The van der Waals surface area contributed by atoms with E-state index in [1.165, 1.54) is 11.6 Å². The molecule has 1 aliphatic heterocycles. The Kier molecular flexibility index (Phi) is 4.59. The second kappa shape index (κ2) is 6.42. The quantitative estimate of drug-likeness (QED) is 0.812. The number of morpholine rings is 1.